The molecule has 0 saturated heterocycles. The maximum absolute atomic E-state index is 12.7. The fourth-order valence-corrected chi connectivity index (χ4v) is 2.49. The van der Waals surface area contributed by atoms with Crippen LogP contribution in [0.25, 0.3) is 0 Å². The molecule has 1 heterocycles. The Kier molecular flexibility index (Phi) is 5.39. The molecule has 0 aromatic heterocycles. The van der Waals surface area contributed by atoms with Gasteiger partial charge < -0.3 is 15.0 Å². The number of rotatable bonds is 5. The fourth-order valence-electron chi connectivity index (χ4n) is 2.49. The van der Waals surface area contributed by atoms with E-state index in [0.717, 1.165) is 24.2 Å². The van der Waals surface area contributed by atoms with Crippen molar-refractivity contribution in [3.05, 3.63) is 41.5 Å². The lowest BCUT2D eigenvalue weighted by atomic mass is 10.1. The number of benzene rings is 1. The van der Waals surface area contributed by atoms with Gasteiger partial charge in [0.25, 0.3) is 5.91 Å². The average molecular weight is 288 g/mol. The molecule has 4 heteroatoms. The summed E-state index contributed by atoms with van der Waals surface area (Å²) in [5.41, 5.74) is 2.93. The fraction of sp³-hybridized carbons (Fsp3) is 0.471. The van der Waals surface area contributed by atoms with Gasteiger partial charge in [-0.15, -0.1) is 0 Å². The van der Waals surface area contributed by atoms with Crippen LogP contribution in [0.1, 0.15) is 30.6 Å². The molecule has 0 aliphatic carbocycles. The lowest BCUT2D eigenvalue weighted by Crippen LogP contribution is -2.35. The molecule has 1 N–H and O–H groups in total. The highest BCUT2D eigenvalue weighted by atomic mass is 16.5. The molecule has 0 atom stereocenters. The third kappa shape index (κ3) is 4.08. The van der Waals surface area contributed by atoms with Crippen molar-refractivity contribution < 1.29 is 9.53 Å². The van der Waals surface area contributed by atoms with Crippen LogP contribution in [0.2, 0.25) is 0 Å². The molecule has 0 spiro atoms. The molecular weight excluding hydrogens is 264 g/mol. The zero-order valence-corrected chi connectivity index (χ0v) is 13.1. The van der Waals surface area contributed by atoms with E-state index in [4.69, 9.17) is 4.74 Å². The number of carbonyl (C=O) groups is 1. The zero-order valence-electron chi connectivity index (χ0n) is 13.1. The van der Waals surface area contributed by atoms with E-state index in [1.807, 2.05) is 29.2 Å². The Morgan fingerprint density at radius 2 is 2.14 bits per heavy atom. The smallest absolute Gasteiger partial charge is 0.256 e. The third-order valence-corrected chi connectivity index (χ3v) is 3.52. The summed E-state index contributed by atoms with van der Waals surface area (Å²) in [6.07, 6.45) is 2.99. The quantitative estimate of drug-likeness (QED) is 0.847. The van der Waals surface area contributed by atoms with E-state index >= 15 is 0 Å². The van der Waals surface area contributed by atoms with E-state index in [9.17, 15) is 4.79 Å². The lowest BCUT2D eigenvalue weighted by Gasteiger charge is -2.27. The highest BCUT2D eigenvalue weighted by Crippen LogP contribution is 2.20. The maximum Gasteiger partial charge on any atom is 0.256 e. The predicted octanol–water partition coefficient (Wildman–Crippen LogP) is 2.93. The number of para-hydroxylation sites is 1. The maximum atomic E-state index is 12.7. The summed E-state index contributed by atoms with van der Waals surface area (Å²) in [4.78, 5) is 14.6. The first kappa shape index (κ1) is 15.6. The number of amides is 1. The van der Waals surface area contributed by atoms with Gasteiger partial charge in [0.05, 0.1) is 12.2 Å². The van der Waals surface area contributed by atoms with Crippen LogP contribution in [-0.4, -0.2) is 43.7 Å². The van der Waals surface area contributed by atoms with E-state index in [0.29, 0.717) is 19.2 Å². The molecule has 4 nitrogen and oxygen atoms in total. The van der Waals surface area contributed by atoms with E-state index in [2.05, 4.69) is 25.2 Å². The minimum Gasteiger partial charge on any atom is -0.382 e. The first-order valence-electron chi connectivity index (χ1n) is 7.43. The van der Waals surface area contributed by atoms with Crippen molar-refractivity contribution >= 4 is 11.6 Å². The minimum absolute atomic E-state index is 0.0893. The Morgan fingerprint density at radius 3 is 2.76 bits per heavy atom. The van der Waals surface area contributed by atoms with Crippen LogP contribution in [0.4, 0.5) is 5.69 Å². The molecule has 114 valence electrons. The van der Waals surface area contributed by atoms with Crippen LogP contribution in [0.15, 0.2) is 35.9 Å². The molecular formula is C17H24N2O2. The number of hydrogen-bond acceptors (Lipinski definition) is 3. The van der Waals surface area contributed by atoms with E-state index in [-0.39, 0.29) is 5.91 Å². The number of hydrogen-bond donors (Lipinski definition) is 1. The van der Waals surface area contributed by atoms with Crippen molar-refractivity contribution in [1.29, 1.82) is 0 Å². The summed E-state index contributed by atoms with van der Waals surface area (Å²) in [5.74, 6) is 0.0893. The van der Waals surface area contributed by atoms with Crippen molar-refractivity contribution in [3.8, 4) is 0 Å². The molecule has 0 bridgehead atoms. The topological polar surface area (TPSA) is 41.6 Å². The minimum atomic E-state index is 0.0893. The van der Waals surface area contributed by atoms with Gasteiger partial charge in [-0.25, -0.2) is 0 Å². The largest absolute Gasteiger partial charge is 0.382 e. The lowest BCUT2D eigenvalue weighted by molar-refractivity contribution is 0.0766. The van der Waals surface area contributed by atoms with Crippen LogP contribution in [0.5, 0.6) is 0 Å². The van der Waals surface area contributed by atoms with Crippen molar-refractivity contribution in [2.75, 3.05) is 32.1 Å². The highest BCUT2D eigenvalue weighted by molar-refractivity contribution is 5.99. The summed E-state index contributed by atoms with van der Waals surface area (Å²) in [7, 11) is 1.70. The van der Waals surface area contributed by atoms with Gasteiger partial charge in [0.2, 0.25) is 0 Å². The number of methoxy groups -OCH3 is 1. The van der Waals surface area contributed by atoms with Gasteiger partial charge in [0.15, 0.2) is 0 Å². The molecule has 0 radical (unpaired) electrons. The molecule has 1 aliphatic rings. The molecule has 0 saturated carbocycles. The van der Waals surface area contributed by atoms with Crippen LogP contribution in [0, 0.1) is 0 Å². The van der Waals surface area contributed by atoms with Crippen LogP contribution in [-0.2, 0) is 4.74 Å². The van der Waals surface area contributed by atoms with Gasteiger partial charge in [0, 0.05) is 31.9 Å². The number of carbonyl (C=O) groups excluding carboxylic acids is 1. The number of anilines is 1. The molecule has 1 aliphatic heterocycles. The number of nitrogens with one attached hydrogen (secondary N) is 1. The Labute approximate surface area is 126 Å². The Hall–Kier alpha value is -1.81. The van der Waals surface area contributed by atoms with Gasteiger partial charge in [0.1, 0.15) is 0 Å². The molecule has 2 rings (SSSR count). The van der Waals surface area contributed by atoms with Gasteiger partial charge in [-0.3, -0.25) is 4.79 Å². The van der Waals surface area contributed by atoms with Crippen molar-refractivity contribution in [1.82, 2.24) is 4.90 Å². The Balaban J connectivity index is 2.11. The van der Waals surface area contributed by atoms with Crippen LogP contribution >= 0.6 is 0 Å². The SMILES string of the molecule is COCC1=CCN(C(=O)c2ccccc2NC(C)C)CC1. The van der Waals surface area contributed by atoms with Crippen LogP contribution < -0.4 is 5.32 Å². The first-order chi connectivity index (χ1) is 10.1. The monoisotopic (exact) mass is 288 g/mol. The van der Waals surface area contributed by atoms with E-state index < -0.39 is 0 Å². The molecule has 1 amide bonds. The van der Waals surface area contributed by atoms with Crippen LogP contribution in [0.3, 0.4) is 0 Å². The molecule has 0 unspecified atom stereocenters. The summed E-state index contributed by atoms with van der Waals surface area (Å²) < 4.78 is 5.14. The molecule has 1 aromatic carbocycles. The summed E-state index contributed by atoms with van der Waals surface area (Å²) in [6.45, 7) is 6.22. The van der Waals surface area contributed by atoms with Crippen molar-refractivity contribution in [3.63, 3.8) is 0 Å². The molecule has 1 aromatic rings. The summed E-state index contributed by atoms with van der Waals surface area (Å²) in [6, 6.07) is 8.02. The van der Waals surface area contributed by atoms with E-state index in [1.54, 1.807) is 7.11 Å². The van der Waals surface area contributed by atoms with Gasteiger partial charge >= 0.3 is 0 Å². The highest BCUT2D eigenvalue weighted by Gasteiger charge is 2.20. The summed E-state index contributed by atoms with van der Waals surface area (Å²) in [5, 5.41) is 3.34. The van der Waals surface area contributed by atoms with Crippen molar-refractivity contribution in [2.45, 2.75) is 26.3 Å². The number of nitrogens with zero attached hydrogens (tertiary/aromatic N) is 1. The Morgan fingerprint density at radius 1 is 1.38 bits per heavy atom. The first-order valence-corrected chi connectivity index (χ1v) is 7.43. The molecule has 21 heavy (non-hydrogen) atoms. The standard InChI is InChI=1S/C17H24N2O2/c1-13(2)18-16-7-5-4-6-15(16)17(20)19-10-8-14(9-11-19)12-21-3/h4-8,13,18H,9-12H2,1-3H3. The van der Waals surface area contributed by atoms with Gasteiger partial charge in [-0.1, -0.05) is 18.2 Å². The molecule has 0 fully saturated rings. The second-order valence-corrected chi connectivity index (χ2v) is 5.64. The normalized spacial score (nSPS) is 15.0. The second-order valence-electron chi connectivity index (χ2n) is 5.64. The average Bonchev–Trinajstić information content (AvgIpc) is 2.48. The predicted molar refractivity (Wildman–Crippen MR) is 85.7 cm³/mol. The zero-order chi connectivity index (χ0) is 15.2. The number of ether oxygens (including phenoxy) is 1. The summed E-state index contributed by atoms with van der Waals surface area (Å²) >= 11 is 0. The third-order valence-electron chi connectivity index (χ3n) is 3.52. The van der Waals surface area contributed by atoms with Gasteiger partial charge in [-0.2, -0.15) is 0 Å². The second kappa shape index (κ2) is 7.27. The van der Waals surface area contributed by atoms with E-state index in [1.165, 1.54) is 5.57 Å². The van der Waals surface area contributed by atoms with Crippen molar-refractivity contribution in [2.24, 2.45) is 0 Å². The Bertz CT molecular complexity index is 523. The van der Waals surface area contributed by atoms with Gasteiger partial charge in [-0.05, 0) is 38.0 Å².